The summed E-state index contributed by atoms with van der Waals surface area (Å²) in [6, 6.07) is 14.9. The van der Waals surface area contributed by atoms with Gasteiger partial charge >= 0.3 is 0 Å². The number of rotatable bonds is 6. The van der Waals surface area contributed by atoms with E-state index in [1.807, 2.05) is 51.1 Å². The molecule has 0 atom stereocenters. The highest BCUT2D eigenvalue weighted by Crippen LogP contribution is 2.24. The maximum Gasteiger partial charge on any atom is 0.267 e. The summed E-state index contributed by atoms with van der Waals surface area (Å²) < 4.78 is 0. The second kappa shape index (κ2) is 8.60. The lowest BCUT2D eigenvalue weighted by molar-refractivity contribution is -0.123. The summed E-state index contributed by atoms with van der Waals surface area (Å²) in [5, 5.41) is 2.85. The second-order valence-corrected chi connectivity index (χ2v) is 7.04. The first kappa shape index (κ1) is 19.6. The topological polar surface area (TPSA) is 96.2 Å². The van der Waals surface area contributed by atoms with Crippen LogP contribution < -0.4 is 21.9 Å². The average Bonchev–Trinajstić information content (AvgIpc) is 2.61. The fraction of sp³-hybridized carbons (Fsp3) is 0.300. The van der Waals surface area contributed by atoms with Crippen molar-refractivity contribution in [2.24, 2.45) is 11.1 Å². The molecular formula is C20H26N4O2. The lowest BCUT2D eigenvalue weighted by atomic mass is 9.95. The van der Waals surface area contributed by atoms with Gasteiger partial charge in [0, 0.05) is 18.5 Å². The lowest BCUT2D eigenvalue weighted by Crippen LogP contribution is -2.38. The van der Waals surface area contributed by atoms with E-state index in [0.717, 1.165) is 5.56 Å². The summed E-state index contributed by atoms with van der Waals surface area (Å²) in [5.41, 5.74) is 13.3. The molecule has 0 aliphatic carbocycles. The SMILES string of the molecule is CC(C)(C)C(=O)Nc1c(CN)cccc1C(=O)NNCc1ccccc1. The minimum absolute atomic E-state index is 0.176. The average molecular weight is 354 g/mol. The quantitative estimate of drug-likeness (QED) is 0.600. The molecule has 0 aliphatic rings. The van der Waals surface area contributed by atoms with Crippen LogP contribution >= 0.6 is 0 Å². The summed E-state index contributed by atoms with van der Waals surface area (Å²) >= 11 is 0. The monoisotopic (exact) mass is 354 g/mol. The van der Waals surface area contributed by atoms with Crippen LogP contribution in [0.15, 0.2) is 48.5 Å². The molecule has 2 aromatic carbocycles. The molecule has 0 fully saturated rings. The van der Waals surface area contributed by atoms with E-state index in [0.29, 0.717) is 23.4 Å². The number of hydrazine groups is 1. The number of para-hydroxylation sites is 1. The number of anilines is 1. The number of nitrogens with one attached hydrogen (secondary N) is 3. The molecule has 0 aliphatic heterocycles. The zero-order valence-electron chi connectivity index (χ0n) is 15.4. The molecule has 0 saturated carbocycles. The normalized spacial score (nSPS) is 11.1. The van der Waals surface area contributed by atoms with Crippen LogP contribution in [0.2, 0.25) is 0 Å². The van der Waals surface area contributed by atoms with Crippen molar-refractivity contribution in [2.75, 3.05) is 5.32 Å². The zero-order chi connectivity index (χ0) is 19.2. The predicted molar refractivity (Wildman–Crippen MR) is 103 cm³/mol. The van der Waals surface area contributed by atoms with Crippen molar-refractivity contribution in [1.29, 1.82) is 0 Å². The largest absolute Gasteiger partial charge is 0.326 e. The van der Waals surface area contributed by atoms with E-state index in [2.05, 4.69) is 16.2 Å². The van der Waals surface area contributed by atoms with E-state index >= 15 is 0 Å². The summed E-state index contributed by atoms with van der Waals surface area (Å²) in [6.07, 6.45) is 0. The Bertz CT molecular complexity index is 767. The number of benzene rings is 2. The molecule has 0 bridgehead atoms. The highest BCUT2D eigenvalue weighted by molar-refractivity contribution is 6.05. The van der Waals surface area contributed by atoms with Crippen LogP contribution in [-0.4, -0.2) is 11.8 Å². The van der Waals surface area contributed by atoms with Crippen LogP contribution in [0.1, 0.15) is 42.3 Å². The first-order valence-electron chi connectivity index (χ1n) is 8.53. The van der Waals surface area contributed by atoms with Crippen LogP contribution in [0.5, 0.6) is 0 Å². The van der Waals surface area contributed by atoms with E-state index in [1.165, 1.54) is 0 Å². The van der Waals surface area contributed by atoms with Crippen molar-refractivity contribution >= 4 is 17.5 Å². The molecule has 2 aromatic rings. The van der Waals surface area contributed by atoms with Gasteiger partial charge in [-0.05, 0) is 17.2 Å². The maximum atomic E-state index is 12.6. The number of hydrogen-bond donors (Lipinski definition) is 4. The molecule has 0 aromatic heterocycles. The standard InChI is InChI=1S/C20H26N4O2/c1-20(2,3)19(26)23-17-15(12-21)10-7-11-16(17)18(25)24-22-13-14-8-5-4-6-9-14/h4-11,22H,12-13,21H2,1-3H3,(H,23,26)(H,24,25). The van der Waals surface area contributed by atoms with Gasteiger partial charge in [-0.15, -0.1) is 0 Å². The Balaban J connectivity index is 2.14. The number of carbonyl (C=O) groups is 2. The van der Waals surface area contributed by atoms with Gasteiger partial charge in [0.15, 0.2) is 0 Å². The van der Waals surface area contributed by atoms with E-state index < -0.39 is 5.41 Å². The van der Waals surface area contributed by atoms with E-state index in [9.17, 15) is 9.59 Å². The van der Waals surface area contributed by atoms with Gasteiger partial charge in [0.25, 0.3) is 5.91 Å². The molecular weight excluding hydrogens is 328 g/mol. The van der Waals surface area contributed by atoms with Crippen molar-refractivity contribution in [2.45, 2.75) is 33.9 Å². The summed E-state index contributed by atoms with van der Waals surface area (Å²) in [7, 11) is 0. The first-order valence-corrected chi connectivity index (χ1v) is 8.53. The fourth-order valence-corrected chi connectivity index (χ4v) is 2.30. The number of amides is 2. The molecule has 0 spiro atoms. The van der Waals surface area contributed by atoms with Gasteiger partial charge in [0.2, 0.25) is 5.91 Å². The molecule has 0 unspecified atom stereocenters. The molecule has 2 amide bonds. The third-order valence-corrected chi connectivity index (χ3v) is 3.87. The van der Waals surface area contributed by atoms with Gasteiger partial charge in [-0.1, -0.05) is 63.2 Å². The smallest absolute Gasteiger partial charge is 0.267 e. The third kappa shape index (κ3) is 5.15. The summed E-state index contributed by atoms with van der Waals surface area (Å²) in [6.45, 7) is 6.16. The van der Waals surface area contributed by atoms with Crippen LogP contribution in [0.3, 0.4) is 0 Å². The number of nitrogens with two attached hydrogens (primary N) is 1. The van der Waals surface area contributed by atoms with Crippen LogP contribution in [0.25, 0.3) is 0 Å². The van der Waals surface area contributed by atoms with Crippen molar-refractivity contribution < 1.29 is 9.59 Å². The Morgan fingerprint density at radius 2 is 1.69 bits per heavy atom. The zero-order valence-corrected chi connectivity index (χ0v) is 15.4. The molecule has 2 rings (SSSR count). The molecule has 6 heteroatoms. The molecule has 6 nitrogen and oxygen atoms in total. The third-order valence-electron chi connectivity index (χ3n) is 3.87. The van der Waals surface area contributed by atoms with Gasteiger partial charge in [-0.2, -0.15) is 0 Å². The first-order chi connectivity index (χ1) is 12.3. The van der Waals surface area contributed by atoms with Gasteiger partial charge < -0.3 is 11.1 Å². The van der Waals surface area contributed by atoms with Gasteiger partial charge in [0.1, 0.15) is 0 Å². The number of hydrogen-bond acceptors (Lipinski definition) is 4. The molecule has 0 saturated heterocycles. The Labute approximate surface area is 154 Å². The minimum atomic E-state index is -0.582. The minimum Gasteiger partial charge on any atom is -0.326 e. The summed E-state index contributed by atoms with van der Waals surface area (Å²) in [5.74, 6) is -0.509. The Kier molecular flexibility index (Phi) is 6.49. The predicted octanol–water partition coefficient (Wildman–Crippen LogP) is 2.56. The van der Waals surface area contributed by atoms with Crippen molar-refractivity contribution in [3.05, 3.63) is 65.2 Å². The van der Waals surface area contributed by atoms with Crippen LogP contribution in [0.4, 0.5) is 5.69 Å². The molecule has 5 N–H and O–H groups in total. The Morgan fingerprint density at radius 1 is 1.00 bits per heavy atom. The number of carbonyl (C=O) groups excluding carboxylic acids is 2. The van der Waals surface area contributed by atoms with Gasteiger partial charge in [-0.25, -0.2) is 5.43 Å². The Hall–Kier alpha value is -2.70. The van der Waals surface area contributed by atoms with Gasteiger partial charge in [-0.3, -0.25) is 15.0 Å². The highest BCUT2D eigenvalue weighted by atomic mass is 16.2. The molecule has 26 heavy (non-hydrogen) atoms. The molecule has 0 heterocycles. The highest BCUT2D eigenvalue weighted by Gasteiger charge is 2.24. The van der Waals surface area contributed by atoms with Crippen LogP contribution in [0, 0.1) is 5.41 Å². The maximum absolute atomic E-state index is 12.6. The Morgan fingerprint density at radius 3 is 2.31 bits per heavy atom. The van der Waals surface area contributed by atoms with E-state index in [-0.39, 0.29) is 18.4 Å². The van der Waals surface area contributed by atoms with Crippen LogP contribution in [-0.2, 0) is 17.9 Å². The fourth-order valence-electron chi connectivity index (χ4n) is 2.30. The summed E-state index contributed by atoms with van der Waals surface area (Å²) in [4.78, 5) is 25.0. The van der Waals surface area contributed by atoms with Crippen molar-refractivity contribution in [1.82, 2.24) is 10.9 Å². The van der Waals surface area contributed by atoms with Crippen molar-refractivity contribution in [3.63, 3.8) is 0 Å². The van der Waals surface area contributed by atoms with E-state index in [4.69, 9.17) is 5.73 Å². The molecule has 138 valence electrons. The second-order valence-electron chi connectivity index (χ2n) is 7.04. The lowest BCUT2D eigenvalue weighted by Gasteiger charge is -2.21. The van der Waals surface area contributed by atoms with Gasteiger partial charge in [0.05, 0.1) is 11.3 Å². The van der Waals surface area contributed by atoms with E-state index in [1.54, 1.807) is 18.2 Å². The van der Waals surface area contributed by atoms with Crippen molar-refractivity contribution in [3.8, 4) is 0 Å². The molecule has 0 radical (unpaired) electrons.